The smallest absolute Gasteiger partial charge is 0.380 e. The van der Waals surface area contributed by atoms with E-state index in [0.717, 1.165) is 0 Å². The number of nitrogens with zero attached hydrogens (tertiary/aromatic N) is 1. The van der Waals surface area contributed by atoms with Crippen LogP contribution in [0.25, 0.3) is 11.1 Å². The minimum atomic E-state index is -4.80. The molecule has 0 unspecified atom stereocenters. The lowest BCUT2D eigenvalue weighted by atomic mass is 9.76. The third-order valence-corrected chi connectivity index (χ3v) is 6.11. The summed E-state index contributed by atoms with van der Waals surface area (Å²) in [6.45, 7) is 0. The fourth-order valence-electron chi connectivity index (χ4n) is 2.87. The minimum Gasteiger partial charge on any atom is -0.380 e. The van der Waals surface area contributed by atoms with Crippen molar-refractivity contribution in [2.75, 3.05) is 0 Å². The van der Waals surface area contributed by atoms with E-state index in [0.29, 0.717) is 5.56 Å². The molecular formula is C16H14ClF3N2O3S. The highest BCUT2D eigenvalue weighted by Crippen LogP contribution is 2.45. The molecule has 1 saturated carbocycles. The SMILES string of the molecule is O=S(=O)(NC1CC(O)(C(F)(F)F)C1)c1cccc(Cl)c1-c1cccnc1. The van der Waals surface area contributed by atoms with Crippen LogP contribution >= 0.6 is 11.6 Å². The molecule has 1 aromatic carbocycles. The number of pyridine rings is 1. The van der Waals surface area contributed by atoms with Gasteiger partial charge < -0.3 is 5.11 Å². The lowest BCUT2D eigenvalue weighted by Gasteiger charge is -2.44. The van der Waals surface area contributed by atoms with Gasteiger partial charge >= 0.3 is 6.18 Å². The maximum absolute atomic E-state index is 12.7. The number of nitrogens with one attached hydrogen (secondary N) is 1. The van der Waals surface area contributed by atoms with Gasteiger partial charge in [-0.1, -0.05) is 23.7 Å². The molecule has 0 atom stereocenters. The largest absolute Gasteiger partial charge is 0.417 e. The van der Waals surface area contributed by atoms with E-state index < -0.39 is 40.7 Å². The van der Waals surface area contributed by atoms with Gasteiger partial charge in [0, 0.05) is 47.4 Å². The van der Waals surface area contributed by atoms with Crippen LogP contribution < -0.4 is 4.72 Å². The van der Waals surface area contributed by atoms with E-state index in [-0.39, 0.29) is 15.5 Å². The van der Waals surface area contributed by atoms with Crippen molar-refractivity contribution in [3.8, 4) is 11.1 Å². The maximum atomic E-state index is 12.7. The van der Waals surface area contributed by atoms with Crippen molar-refractivity contribution >= 4 is 21.6 Å². The first-order chi connectivity index (χ1) is 12.0. The summed E-state index contributed by atoms with van der Waals surface area (Å²) in [7, 11) is -4.16. The Morgan fingerprint density at radius 1 is 1.23 bits per heavy atom. The van der Waals surface area contributed by atoms with Crippen molar-refractivity contribution < 1.29 is 26.7 Å². The Hall–Kier alpha value is -1.68. The molecule has 1 aliphatic rings. The van der Waals surface area contributed by atoms with E-state index in [1.165, 1.54) is 30.6 Å². The summed E-state index contributed by atoms with van der Waals surface area (Å²) in [5.41, 5.74) is -2.19. The van der Waals surface area contributed by atoms with Gasteiger partial charge in [-0.05, 0) is 18.2 Å². The Bertz CT molecular complexity index is 914. The summed E-state index contributed by atoms with van der Waals surface area (Å²) in [6, 6.07) is 6.47. The zero-order valence-corrected chi connectivity index (χ0v) is 14.7. The zero-order valence-electron chi connectivity index (χ0n) is 13.2. The monoisotopic (exact) mass is 406 g/mol. The van der Waals surface area contributed by atoms with Crippen LogP contribution in [-0.4, -0.2) is 36.3 Å². The number of benzene rings is 1. The Labute approximate surface area is 152 Å². The number of aliphatic hydroxyl groups is 1. The fraction of sp³-hybridized carbons (Fsp3) is 0.312. The molecule has 1 heterocycles. The van der Waals surface area contributed by atoms with Gasteiger partial charge in [0.25, 0.3) is 0 Å². The van der Waals surface area contributed by atoms with Crippen LogP contribution in [0.5, 0.6) is 0 Å². The van der Waals surface area contributed by atoms with Gasteiger partial charge in [-0.25, -0.2) is 13.1 Å². The summed E-state index contributed by atoms with van der Waals surface area (Å²) < 4.78 is 65.7. The average molecular weight is 407 g/mol. The van der Waals surface area contributed by atoms with E-state index in [1.807, 2.05) is 0 Å². The Kier molecular flexibility index (Phi) is 4.76. The van der Waals surface area contributed by atoms with Gasteiger partial charge in [0.15, 0.2) is 5.60 Å². The molecule has 1 aliphatic carbocycles. The molecule has 0 amide bonds. The first-order valence-corrected chi connectivity index (χ1v) is 9.40. The van der Waals surface area contributed by atoms with E-state index in [4.69, 9.17) is 11.6 Å². The van der Waals surface area contributed by atoms with Crippen molar-refractivity contribution in [2.45, 2.75) is 35.6 Å². The molecule has 1 fully saturated rings. The topological polar surface area (TPSA) is 79.3 Å². The highest BCUT2D eigenvalue weighted by atomic mass is 35.5. The van der Waals surface area contributed by atoms with Crippen LogP contribution in [0.15, 0.2) is 47.6 Å². The van der Waals surface area contributed by atoms with Crippen molar-refractivity contribution in [1.82, 2.24) is 9.71 Å². The number of halogens is 4. The van der Waals surface area contributed by atoms with Crippen molar-refractivity contribution in [1.29, 1.82) is 0 Å². The first-order valence-electron chi connectivity index (χ1n) is 7.54. The molecule has 2 aromatic rings. The van der Waals surface area contributed by atoms with Gasteiger partial charge in [0.05, 0.1) is 4.90 Å². The number of hydrogen-bond acceptors (Lipinski definition) is 4. The lowest BCUT2D eigenvalue weighted by Crippen LogP contribution is -2.62. The van der Waals surface area contributed by atoms with Crippen molar-refractivity contribution in [3.05, 3.63) is 47.7 Å². The lowest BCUT2D eigenvalue weighted by molar-refractivity contribution is -0.290. The summed E-state index contributed by atoms with van der Waals surface area (Å²) in [5, 5.41) is 9.64. The number of rotatable bonds is 4. The Balaban J connectivity index is 1.89. The number of alkyl halides is 3. The predicted octanol–water partition coefficient (Wildman–Crippen LogP) is 3.14. The van der Waals surface area contributed by atoms with Gasteiger partial charge in [0.2, 0.25) is 10.0 Å². The second-order valence-corrected chi connectivity index (χ2v) is 8.20. The van der Waals surface area contributed by atoms with Crippen LogP contribution in [-0.2, 0) is 10.0 Å². The molecule has 10 heteroatoms. The number of aromatic nitrogens is 1. The van der Waals surface area contributed by atoms with Crippen molar-refractivity contribution in [3.63, 3.8) is 0 Å². The summed E-state index contributed by atoms with van der Waals surface area (Å²) in [4.78, 5) is 3.76. The van der Waals surface area contributed by atoms with Crippen LogP contribution in [0.1, 0.15) is 12.8 Å². The standard InChI is InChI=1S/C16H14ClF3N2O3S/c17-12-4-1-5-13(14(12)10-3-2-6-21-9-10)26(24,25)22-11-7-15(23,8-11)16(18,19)20/h1-6,9,11,22-23H,7-8H2. The molecular weight excluding hydrogens is 393 g/mol. The number of hydrogen-bond donors (Lipinski definition) is 2. The first kappa shape index (κ1) is 19.1. The van der Waals surface area contributed by atoms with Crippen LogP contribution in [0.3, 0.4) is 0 Å². The van der Waals surface area contributed by atoms with E-state index >= 15 is 0 Å². The molecule has 0 radical (unpaired) electrons. The quantitative estimate of drug-likeness (QED) is 0.817. The second-order valence-electron chi connectivity index (χ2n) is 6.11. The molecule has 1 aromatic heterocycles. The van der Waals surface area contributed by atoms with Crippen LogP contribution in [0, 0.1) is 0 Å². The highest BCUT2D eigenvalue weighted by molar-refractivity contribution is 7.89. The molecule has 3 rings (SSSR count). The maximum Gasteiger partial charge on any atom is 0.417 e. The summed E-state index contributed by atoms with van der Waals surface area (Å²) in [5.74, 6) is 0. The third-order valence-electron chi connectivity index (χ3n) is 4.23. The van der Waals surface area contributed by atoms with Gasteiger partial charge in [-0.2, -0.15) is 13.2 Å². The van der Waals surface area contributed by atoms with Crippen LogP contribution in [0.4, 0.5) is 13.2 Å². The average Bonchev–Trinajstić information content (AvgIpc) is 2.52. The summed E-state index contributed by atoms with van der Waals surface area (Å²) in [6.07, 6.45) is -3.33. The van der Waals surface area contributed by atoms with E-state index in [9.17, 15) is 26.7 Å². The Morgan fingerprint density at radius 3 is 2.50 bits per heavy atom. The zero-order chi connectivity index (χ0) is 19.2. The summed E-state index contributed by atoms with van der Waals surface area (Å²) >= 11 is 6.15. The van der Waals surface area contributed by atoms with Crippen molar-refractivity contribution in [2.24, 2.45) is 0 Å². The Morgan fingerprint density at radius 2 is 1.92 bits per heavy atom. The molecule has 140 valence electrons. The normalized spacial score (nSPS) is 23.5. The highest BCUT2D eigenvalue weighted by Gasteiger charge is 2.61. The third kappa shape index (κ3) is 3.44. The fourth-order valence-corrected chi connectivity index (χ4v) is 4.70. The predicted molar refractivity (Wildman–Crippen MR) is 89.0 cm³/mol. The van der Waals surface area contributed by atoms with E-state index in [1.54, 1.807) is 12.1 Å². The minimum absolute atomic E-state index is 0.166. The van der Waals surface area contributed by atoms with E-state index in [2.05, 4.69) is 9.71 Å². The molecule has 5 nitrogen and oxygen atoms in total. The molecule has 0 bridgehead atoms. The molecule has 26 heavy (non-hydrogen) atoms. The van der Waals surface area contributed by atoms with Gasteiger partial charge in [0.1, 0.15) is 0 Å². The van der Waals surface area contributed by atoms with Gasteiger partial charge in [-0.15, -0.1) is 0 Å². The number of sulfonamides is 1. The second kappa shape index (κ2) is 6.49. The molecule has 0 spiro atoms. The van der Waals surface area contributed by atoms with Gasteiger partial charge in [-0.3, -0.25) is 4.98 Å². The molecule has 2 N–H and O–H groups in total. The molecule has 0 saturated heterocycles. The van der Waals surface area contributed by atoms with Crippen LogP contribution in [0.2, 0.25) is 5.02 Å². The molecule has 0 aliphatic heterocycles.